The average Bonchev–Trinajstić information content (AvgIpc) is 3.20. The molecule has 2 atom stereocenters. The van der Waals surface area contributed by atoms with E-state index in [2.05, 4.69) is 15.7 Å². The highest BCUT2D eigenvalue weighted by Gasteiger charge is 2.52. The summed E-state index contributed by atoms with van der Waals surface area (Å²) in [7, 11) is 1.54. The molecule has 0 spiro atoms. The summed E-state index contributed by atoms with van der Waals surface area (Å²) in [5.41, 5.74) is 0.659. The average molecular weight is 475 g/mol. The minimum atomic E-state index is -4.48. The third kappa shape index (κ3) is 3.64. The lowest BCUT2D eigenvalue weighted by Crippen LogP contribution is -2.59. The Morgan fingerprint density at radius 2 is 1.71 bits per heavy atom. The molecule has 1 aliphatic heterocycles. The van der Waals surface area contributed by atoms with E-state index in [1.54, 1.807) is 31.4 Å². The number of alkyl halides is 3. The number of methoxy groups -OCH3 is 1. The number of ether oxygens (including phenoxy) is 1. The second kappa shape index (κ2) is 7.65. The van der Waals surface area contributed by atoms with Crippen LogP contribution in [-0.4, -0.2) is 34.5 Å². The molecule has 2 aromatic rings. The van der Waals surface area contributed by atoms with Gasteiger partial charge in [0.1, 0.15) is 17.1 Å². The van der Waals surface area contributed by atoms with Gasteiger partial charge in [-0.1, -0.05) is 12.1 Å². The summed E-state index contributed by atoms with van der Waals surface area (Å²) in [5.74, 6) is 2.40. The van der Waals surface area contributed by atoms with Gasteiger partial charge in [-0.2, -0.15) is 18.3 Å². The van der Waals surface area contributed by atoms with E-state index in [1.807, 2.05) is 0 Å². The lowest BCUT2D eigenvalue weighted by molar-refractivity contribution is -0.173. The first-order valence-electron chi connectivity index (χ1n) is 12.1. The van der Waals surface area contributed by atoms with Gasteiger partial charge in [0.15, 0.2) is 6.04 Å². The van der Waals surface area contributed by atoms with Crippen LogP contribution in [0.25, 0.3) is 0 Å². The predicted octanol–water partition coefficient (Wildman–Crippen LogP) is 5.25. The summed E-state index contributed by atoms with van der Waals surface area (Å²) in [6.07, 6.45) is 3.25. The van der Waals surface area contributed by atoms with Crippen LogP contribution >= 0.6 is 0 Å². The quantitative estimate of drug-likeness (QED) is 0.635. The summed E-state index contributed by atoms with van der Waals surface area (Å²) < 4.78 is 48.2. The molecule has 182 valence electrons. The minimum absolute atomic E-state index is 0.136. The number of halogens is 3. The van der Waals surface area contributed by atoms with Crippen LogP contribution in [0.4, 0.5) is 19.0 Å². The van der Waals surface area contributed by atoms with Crippen molar-refractivity contribution in [3.05, 3.63) is 41.6 Å². The van der Waals surface area contributed by atoms with Gasteiger partial charge in [0.25, 0.3) is 5.91 Å². The Morgan fingerprint density at radius 3 is 2.26 bits per heavy atom. The standard InChI is InChI=1S/C25H29F3N4O2/c1-34-18-4-2-17(3-5-18)20-9-21(25(26,27)28)32-22(30-20)19(13-29-32)23(33)31-24-10-14-6-15(11-24)8-16(7-14)12-24/h2-5,13-16,20-21,30H,6-12H2,1H3,(H,31,33)/t14?,15?,16?,20-,21-,24?/m0/s1. The maximum absolute atomic E-state index is 14.0. The Balaban J connectivity index is 1.30. The monoisotopic (exact) mass is 474 g/mol. The third-order valence-corrected chi connectivity index (χ3v) is 8.42. The molecular formula is C25H29F3N4O2. The molecule has 2 N–H and O–H groups in total. The minimum Gasteiger partial charge on any atom is -0.497 e. The number of carbonyl (C=O) groups is 1. The topological polar surface area (TPSA) is 68.2 Å². The largest absolute Gasteiger partial charge is 0.497 e. The summed E-state index contributed by atoms with van der Waals surface area (Å²) in [5, 5.41) is 10.5. The zero-order chi connectivity index (χ0) is 23.7. The maximum atomic E-state index is 14.0. The second-order valence-corrected chi connectivity index (χ2v) is 10.8. The number of hydrogen-bond acceptors (Lipinski definition) is 4. The highest BCUT2D eigenvalue weighted by molar-refractivity contribution is 5.99. The molecule has 0 unspecified atom stereocenters. The van der Waals surface area contributed by atoms with Crippen molar-refractivity contribution in [3.8, 4) is 5.75 Å². The zero-order valence-electron chi connectivity index (χ0n) is 19.1. The van der Waals surface area contributed by atoms with Crippen LogP contribution in [0.1, 0.15) is 73.0 Å². The van der Waals surface area contributed by atoms with E-state index in [0.29, 0.717) is 29.1 Å². The smallest absolute Gasteiger partial charge is 0.410 e. The van der Waals surface area contributed by atoms with Crippen LogP contribution < -0.4 is 15.4 Å². The molecule has 6 nitrogen and oxygen atoms in total. The highest BCUT2D eigenvalue weighted by atomic mass is 19.4. The summed E-state index contributed by atoms with van der Waals surface area (Å²) in [6, 6.07) is 4.55. The van der Waals surface area contributed by atoms with Gasteiger partial charge in [0, 0.05) is 12.0 Å². The van der Waals surface area contributed by atoms with E-state index >= 15 is 0 Å². The third-order valence-electron chi connectivity index (χ3n) is 8.42. The molecule has 2 heterocycles. The molecule has 7 rings (SSSR count). The van der Waals surface area contributed by atoms with Crippen molar-refractivity contribution in [3.63, 3.8) is 0 Å². The number of hydrogen-bond donors (Lipinski definition) is 2. The van der Waals surface area contributed by atoms with Gasteiger partial charge >= 0.3 is 6.18 Å². The van der Waals surface area contributed by atoms with Gasteiger partial charge < -0.3 is 15.4 Å². The number of carbonyl (C=O) groups excluding carboxylic acids is 1. The van der Waals surface area contributed by atoms with Crippen LogP contribution in [0.5, 0.6) is 5.75 Å². The SMILES string of the molecule is COc1ccc([C@@H]2C[C@@H](C(F)(F)F)n3ncc(C(=O)NC45CC6CC(CC(C6)C4)C5)c3N2)cc1. The molecule has 34 heavy (non-hydrogen) atoms. The number of fused-ring (bicyclic) bond motifs is 1. The van der Waals surface area contributed by atoms with E-state index in [4.69, 9.17) is 4.74 Å². The van der Waals surface area contributed by atoms with Crippen LogP contribution in [0.3, 0.4) is 0 Å². The maximum Gasteiger partial charge on any atom is 0.410 e. The summed E-state index contributed by atoms with van der Waals surface area (Å²) >= 11 is 0. The number of nitrogens with one attached hydrogen (secondary N) is 2. The van der Waals surface area contributed by atoms with E-state index in [0.717, 1.165) is 23.9 Å². The Hall–Kier alpha value is -2.71. The molecule has 4 bridgehead atoms. The van der Waals surface area contributed by atoms with Crippen molar-refractivity contribution in [1.29, 1.82) is 0 Å². The Labute approximate surface area is 196 Å². The van der Waals surface area contributed by atoms with Gasteiger partial charge in [0.05, 0.1) is 19.3 Å². The zero-order valence-corrected chi connectivity index (χ0v) is 19.1. The molecule has 4 aliphatic carbocycles. The lowest BCUT2D eigenvalue weighted by atomic mass is 9.53. The molecule has 5 aliphatic rings. The number of benzene rings is 1. The van der Waals surface area contributed by atoms with Crippen LogP contribution in [0, 0.1) is 17.8 Å². The van der Waals surface area contributed by atoms with Crippen molar-refractivity contribution in [2.75, 3.05) is 12.4 Å². The molecule has 9 heteroatoms. The van der Waals surface area contributed by atoms with Crippen molar-refractivity contribution >= 4 is 11.7 Å². The molecular weight excluding hydrogens is 445 g/mol. The van der Waals surface area contributed by atoms with Crippen molar-refractivity contribution in [2.45, 2.75) is 68.7 Å². The molecule has 4 fully saturated rings. The van der Waals surface area contributed by atoms with Gasteiger partial charge in [-0.25, -0.2) is 4.68 Å². The first kappa shape index (κ1) is 21.8. The summed E-state index contributed by atoms with van der Waals surface area (Å²) in [6.45, 7) is 0. The number of anilines is 1. The van der Waals surface area contributed by atoms with Crippen LogP contribution in [0.15, 0.2) is 30.5 Å². The van der Waals surface area contributed by atoms with Gasteiger partial charge in [-0.3, -0.25) is 4.79 Å². The highest BCUT2D eigenvalue weighted by Crippen LogP contribution is 2.55. The number of amides is 1. The molecule has 0 saturated heterocycles. The van der Waals surface area contributed by atoms with Gasteiger partial charge in [-0.05, 0) is 74.0 Å². The van der Waals surface area contributed by atoms with Crippen LogP contribution in [-0.2, 0) is 0 Å². The number of nitrogens with zero attached hydrogens (tertiary/aromatic N) is 2. The fourth-order valence-electron chi connectivity index (χ4n) is 7.36. The van der Waals surface area contributed by atoms with E-state index in [9.17, 15) is 18.0 Å². The summed E-state index contributed by atoms with van der Waals surface area (Å²) in [4.78, 5) is 13.4. The molecule has 0 radical (unpaired) electrons. The Morgan fingerprint density at radius 1 is 1.09 bits per heavy atom. The molecule has 1 aromatic carbocycles. The van der Waals surface area contributed by atoms with E-state index < -0.39 is 18.3 Å². The first-order valence-corrected chi connectivity index (χ1v) is 12.1. The molecule has 1 amide bonds. The Bertz CT molecular complexity index is 1060. The van der Waals surface area contributed by atoms with Crippen molar-refractivity contribution < 1.29 is 22.7 Å². The van der Waals surface area contributed by atoms with Crippen molar-refractivity contribution in [2.24, 2.45) is 17.8 Å². The van der Waals surface area contributed by atoms with E-state index in [-0.39, 0.29) is 29.2 Å². The van der Waals surface area contributed by atoms with Gasteiger partial charge in [0.2, 0.25) is 0 Å². The van der Waals surface area contributed by atoms with Crippen molar-refractivity contribution in [1.82, 2.24) is 15.1 Å². The van der Waals surface area contributed by atoms with Gasteiger partial charge in [-0.15, -0.1) is 0 Å². The fourth-order valence-corrected chi connectivity index (χ4v) is 7.36. The predicted molar refractivity (Wildman–Crippen MR) is 120 cm³/mol. The molecule has 1 aromatic heterocycles. The fraction of sp³-hybridized carbons (Fsp3) is 0.600. The first-order chi connectivity index (χ1) is 16.2. The number of rotatable bonds is 4. The lowest BCUT2D eigenvalue weighted by Gasteiger charge is -2.56. The number of aromatic nitrogens is 2. The normalized spacial score (nSPS) is 33.8. The van der Waals surface area contributed by atoms with Crippen LogP contribution in [0.2, 0.25) is 0 Å². The second-order valence-electron chi connectivity index (χ2n) is 10.8. The Kier molecular flexibility index (Phi) is 4.90. The molecule has 4 saturated carbocycles. The van der Waals surface area contributed by atoms with E-state index in [1.165, 1.54) is 25.5 Å².